The van der Waals surface area contributed by atoms with E-state index < -0.39 is 18.1 Å². The molecule has 3 rings (SSSR count). The summed E-state index contributed by atoms with van der Waals surface area (Å²) in [7, 11) is 1.42. The summed E-state index contributed by atoms with van der Waals surface area (Å²) in [5.41, 5.74) is 0.636. The van der Waals surface area contributed by atoms with Crippen molar-refractivity contribution in [1.29, 1.82) is 0 Å². The monoisotopic (exact) mass is 306 g/mol. The topological polar surface area (TPSA) is 75.8 Å². The van der Waals surface area contributed by atoms with Gasteiger partial charge in [0.15, 0.2) is 0 Å². The van der Waals surface area contributed by atoms with Gasteiger partial charge in [-0.05, 0) is 29.3 Å². The molecule has 1 N–H and O–H groups in total. The van der Waals surface area contributed by atoms with E-state index in [1.165, 1.54) is 30.2 Å². The van der Waals surface area contributed by atoms with Gasteiger partial charge in [0.25, 0.3) is 11.8 Å². The van der Waals surface area contributed by atoms with Gasteiger partial charge in [0.05, 0.1) is 25.3 Å². The zero-order chi connectivity index (χ0) is 15.7. The third-order valence-electron chi connectivity index (χ3n) is 3.68. The van der Waals surface area contributed by atoms with Crippen LogP contribution in [0.1, 0.15) is 28.6 Å². The highest BCUT2D eigenvalue weighted by molar-refractivity contribution is 5.92. The molecule has 1 aliphatic rings. The van der Waals surface area contributed by atoms with Crippen LogP contribution < -0.4 is 4.74 Å². The van der Waals surface area contributed by atoms with Gasteiger partial charge >= 0.3 is 0 Å². The average Bonchev–Trinajstić information content (AvgIpc) is 3.13. The largest absolute Gasteiger partial charge is 0.479 e. The fourth-order valence-corrected chi connectivity index (χ4v) is 2.67. The van der Waals surface area contributed by atoms with Gasteiger partial charge in [0.2, 0.25) is 5.76 Å². The maximum Gasteiger partial charge on any atom is 0.293 e. The summed E-state index contributed by atoms with van der Waals surface area (Å²) in [5, 5.41) is 13.5. The van der Waals surface area contributed by atoms with Crippen molar-refractivity contribution in [3.05, 3.63) is 47.5 Å². The van der Waals surface area contributed by atoms with E-state index in [2.05, 4.69) is 5.16 Å². The number of benzene rings is 1. The van der Waals surface area contributed by atoms with Gasteiger partial charge in [-0.1, -0.05) is 12.1 Å². The highest BCUT2D eigenvalue weighted by Crippen LogP contribution is 2.34. The summed E-state index contributed by atoms with van der Waals surface area (Å²) in [6, 6.07) is 6.99. The van der Waals surface area contributed by atoms with Gasteiger partial charge in [-0.3, -0.25) is 4.79 Å². The summed E-state index contributed by atoms with van der Waals surface area (Å²) in [6.07, 6.45) is -0.317. The van der Waals surface area contributed by atoms with Crippen molar-refractivity contribution >= 4 is 5.91 Å². The molecule has 0 aliphatic carbocycles. The molecule has 0 spiro atoms. The molecule has 0 saturated carbocycles. The maximum absolute atomic E-state index is 13.4. The number of aliphatic hydroxyl groups excluding tert-OH is 1. The van der Waals surface area contributed by atoms with Crippen LogP contribution in [0.4, 0.5) is 4.39 Å². The standard InChI is InChI=1S/C15H15FN2O4/c1-21-14-7-13(22-17-14)15(20)18-8-11(19)6-12(18)9-3-2-4-10(16)5-9/h2-5,7,11-12,19H,6,8H2,1H3/t11-,12-/m1/s1. The molecule has 0 radical (unpaired) electrons. The molecule has 1 aromatic carbocycles. The molecular formula is C15H15FN2O4. The third kappa shape index (κ3) is 2.67. The second-order valence-corrected chi connectivity index (χ2v) is 5.15. The first-order valence-electron chi connectivity index (χ1n) is 6.83. The van der Waals surface area contributed by atoms with Crippen LogP contribution >= 0.6 is 0 Å². The molecule has 1 aromatic heterocycles. The van der Waals surface area contributed by atoms with Gasteiger partial charge in [0, 0.05) is 6.54 Å². The fourth-order valence-electron chi connectivity index (χ4n) is 2.67. The Labute approximate surface area is 126 Å². The van der Waals surface area contributed by atoms with Gasteiger partial charge in [0.1, 0.15) is 5.82 Å². The maximum atomic E-state index is 13.4. The van der Waals surface area contributed by atoms with Crippen LogP contribution in [0, 0.1) is 5.82 Å². The zero-order valence-corrected chi connectivity index (χ0v) is 11.9. The second kappa shape index (κ2) is 5.76. The van der Waals surface area contributed by atoms with E-state index in [0.717, 1.165) is 0 Å². The van der Waals surface area contributed by atoms with Gasteiger partial charge in [-0.25, -0.2) is 4.39 Å². The molecule has 6 nitrogen and oxygen atoms in total. The lowest BCUT2D eigenvalue weighted by atomic mass is 10.0. The van der Waals surface area contributed by atoms with Crippen LogP contribution in [0.2, 0.25) is 0 Å². The molecule has 1 amide bonds. The van der Waals surface area contributed by atoms with E-state index in [-0.39, 0.29) is 24.0 Å². The van der Waals surface area contributed by atoms with Crippen LogP contribution in [-0.2, 0) is 0 Å². The highest BCUT2D eigenvalue weighted by Gasteiger charge is 2.37. The molecular weight excluding hydrogens is 291 g/mol. The number of hydrogen-bond donors (Lipinski definition) is 1. The van der Waals surface area contributed by atoms with Crippen molar-refractivity contribution < 1.29 is 23.6 Å². The number of methoxy groups -OCH3 is 1. The summed E-state index contributed by atoms with van der Waals surface area (Å²) < 4.78 is 23.2. The average molecular weight is 306 g/mol. The summed E-state index contributed by atoms with van der Waals surface area (Å²) >= 11 is 0. The Hall–Kier alpha value is -2.41. The van der Waals surface area contributed by atoms with Crippen molar-refractivity contribution in [2.45, 2.75) is 18.6 Å². The predicted molar refractivity (Wildman–Crippen MR) is 73.9 cm³/mol. The number of hydrogen-bond acceptors (Lipinski definition) is 5. The molecule has 1 saturated heterocycles. The molecule has 7 heteroatoms. The number of carbonyl (C=O) groups is 1. The molecule has 0 unspecified atom stereocenters. The lowest BCUT2D eigenvalue weighted by molar-refractivity contribution is 0.0673. The number of amides is 1. The number of β-amino-alcohol motifs (C(OH)–C–C–N with tert-alkyl or cyclic N) is 1. The summed E-state index contributed by atoms with van der Waals surface area (Å²) in [5.74, 6) is -0.577. The predicted octanol–water partition coefficient (Wildman–Crippen LogP) is 1.77. The van der Waals surface area contributed by atoms with Crippen LogP contribution in [0.25, 0.3) is 0 Å². The summed E-state index contributed by atoms with van der Waals surface area (Å²) in [6.45, 7) is 0.156. The lowest BCUT2D eigenvalue weighted by Gasteiger charge is -2.23. The highest BCUT2D eigenvalue weighted by atomic mass is 19.1. The van der Waals surface area contributed by atoms with Crippen molar-refractivity contribution in [3.63, 3.8) is 0 Å². The number of ether oxygens (including phenoxy) is 1. The number of nitrogens with zero attached hydrogens (tertiary/aromatic N) is 2. The van der Waals surface area contributed by atoms with Crippen molar-refractivity contribution in [1.82, 2.24) is 10.1 Å². The van der Waals surface area contributed by atoms with Crippen molar-refractivity contribution in [2.75, 3.05) is 13.7 Å². The van der Waals surface area contributed by atoms with Crippen LogP contribution in [0.3, 0.4) is 0 Å². The van der Waals surface area contributed by atoms with E-state index in [4.69, 9.17) is 9.26 Å². The van der Waals surface area contributed by atoms with Crippen LogP contribution in [0.5, 0.6) is 5.88 Å². The fraction of sp³-hybridized carbons (Fsp3) is 0.333. The first kappa shape index (κ1) is 14.5. The van der Waals surface area contributed by atoms with Crippen molar-refractivity contribution in [2.24, 2.45) is 0 Å². The third-order valence-corrected chi connectivity index (χ3v) is 3.68. The number of aliphatic hydroxyl groups is 1. The zero-order valence-electron chi connectivity index (χ0n) is 11.9. The first-order chi connectivity index (χ1) is 10.6. The van der Waals surface area contributed by atoms with E-state index in [0.29, 0.717) is 12.0 Å². The van der Waals surface area contributed by atoms with E-state index >= 15 is 0 Å². The normalized spacial score (nSPS) is 21.1. The number of halogens is 1. The Balaban J connectivity index is 1.88. The van der Waals surface area contributed by atoms with Gasteiger partial charge in [-0.15, -0.1) is 0 Å². The number of aromatic nitrogens is 1. The van der Waals surface area contributed by atoms with Crippen LogP contribution in [0.15, 0.2) is 34.9 Å². The van der Waals surface area contributed by atoms with Gasteiger partial charge < -0.3 is 19.3 Å². The lowest BCUT2D eigenvalue weighted by Crippen LogP contribution is -2.31. The molecule has 2 atom stereocenters. The molecule has 0 bridgehead atoms. The molecule has 116 valence electrons. The number of rotatable bonds is 3. The van der Waals surface area contributed by atoms with E-state index in [1.807, 2.05) is 0 Å². The molecule has 2 heterocycles. The molecule has 1 aliphatic heterocycles. The minimum Gasteiger partial charge on any atom is -0.479 e. The minimum atomic E-state index is -0.665. The minimum absolute atomic E-state index is 0.0207. The molecule has 1 fully saturated rings. The van der Waals surface area contributed by atoms with E-state index in [1.54, 1.807) is 12.1 Å². The Morgan fingerprint density at radius 3 is 3.00 bits per heavy atom. The smallest absolute Gasteiger partial charge is 0.293 e. The van der Waals surface area contributed by atoms with Gasteiger partial charge in [-0.2, -0.15) is 0 Å². The quantitative estimate of drug-likeness (QED) is 0.935. The number of likely N-dealkylation sites (tertiary alicyclic amines) is 1. The van der Waals surface area contributed by atoms with E-state index in [9.17, 15) is 14.3 Å². The molecule has 22 heavy (non-hydrogen) atoms. The molecule has 2 aromatic rings. The van der Waals surface area contributed by atoms with Crippen LogP contribution in [-0.4, -0.2) is 40.8 Å². The second-order valence-electron chi connectivity index (χ2n) is 5.15. The Morgan fingerprint density at radius 2 is 2.32 bits per heavy atom. The SMILES string of the molecule is COc1cc(C(=O)N2C[C@H](O)C[C@@H]2c2cccc(F)c2)on1. The Bertz CT molecular complexity index is 688. The number of carbonyl (C=O) groups excluding carboxylic acids is 1. The summed E-state index contributed by atoms with van der Waals surface area (Å²) in [4.78, 5) is 14.0. The first-order valence-corrected chi connectivity index (χ1v) is 6.83. The Morgan fingerprint density at radius 1 is 1.50 bits per heavy atom. The van der Waals surface area contributed by atoms with Crippen molar-refractivity contribution in [3.8, 4) is 5.88 Å². The Kier molecular flexibility index (Phi) is 3.81.